The number of pyridine rings is 1. The van der Waals surface area contributed by atoms with Crippen molar-refractivity contribution in [2.24, 2.45) is 5.73 Å². The summed E-state index contributed by atoms with van der Waals surface area (Å²) in [6.45, 7) is 0. The topological polar surface area (TPSA) is 68.0 Å². The minimum atomic E-state index is -0.701. The van der Waals surface area contributed by atoms with Crippen LogP contribution in [-0.4, -0.2) is 16.9 Å². The minimum Gasteiger partial charge on any atom is -0.320 e. The van der Waals surface area contributed by atoms with E-state index in [1.807, 2.05) is 30.3 Å². The zero-order chi connectivity index (χ0) is 13.7. The quantitative estimate of drug-likeness (QED) is 0.822. The number of hydrogen-bond donors (Lipinski definition) is 2. The van der Waals surface area contributed by atoms with Crippen LogP contribution in [-0.2, 0) is 11.2 Å². The van der Waals surface area contributed by atoms with Crippen molar-refractivity contribution in [2.45, 2.75) is 12.5 Å². The average Bonchev–Trinajstić information content (AvgIpc) is 2.40. The molecule has 0 aliphatic carbocycles. The predicted molar refractivity (Wildman–Crippen MR) is 70.9 cm³/mol. The molecular weight excluding hydrogens is 245 g/mol. The smallest absolute Gasteiger partial charge is 0.242 e. The van der Waals surface area contributed by atoms with Crippen molar-refractivity contribution in [3.8, 4) is 0 Å². The summed E-state index contributed by atoms with van der Waals surface area (Å²) in [4.78, 5) is 15.4. The molecule has 1 aromatic carbocycles. The van der Waals surface area contributed by atoms with Gasteiger partial charge in [0, 0.05) is 0 Å². The van der Waals surface area contributed by atoms with E-state index in [0.717, 1.165) is 5.56 Å². The van der Waals surface area contributed by atoms with Crippen LogP contribution < -0.4 is 11.1 Å². The highest BCUT2D eigenvalue weighted by Gasteiger charge is 2.14. The Bertz CT molecular complexity index is 560. The molecule has 5 heteroatoms. The van der Waals surface area contributed by atoms with Crippen molar-refractivity contribution in [2.75, 3.05) is 5.32 Å². The van der Waals surface area contributed by atoms with E-state index >= 15 is 0 Å². The van der Waals surface area contributed by atoms with E-state index in [4.69, 9.17) is 5.73 Å². The minimum absolute atomic E-state index is 0.161. The van der Waals surface area contributed by atoms with Gasteiger partial charge in [-0.15, -0.1) is 0 Å². The zero-order valence-electron chi connectivity index (χ0n) is 10.2. The molecule has 1 unspecified atom stereocenters. The molecule has 0 aliphatic heterocycles. The van der Waals surface area contributed by atoms with Gasteiger partial charge >= 0.3 is 0 Å². The van der Waals surface area contributed by atoms with Gasteiger partial charge < -0.3 is 11.1 Å². The first-order chi connectivity index (χ1) is 9.15. The van der Waals surface area contributed by atoms with Crippen LogP contribution in [0.4, 0.5) is 10.2 Å². The number of nitrogens with two attached hydrogens (primary N) is 1. The second-order valence-electron chi connectivity index (χ2n) is 4.13. The lowest BCUT2D eigenvalue weighted by molar-refractivity contribution is -0.117. The van der Waals surface area contributed by atoms with Gasteiger partial charge in [0.05, 0.1) is 6.04 Å². The molecule has 0 bridgehead atoms. The lowest BCUT2D eigenvalue weighted by Gasteiger charge is -2.11. The summed E-state index contributed by atoms with van der Waals surface area (Å²) in [5, 5.41) is 2.49. The van der Waals surface area contributed by atoms with Crippen molar-refractivity contribution >= 4 is 11.7 Å². The molecule has 19 heavy (non-hydrogen) atoms. The van der Waals surface area contributed by atoms with Crippen LogP contribution in [0.1, 0.15) is 5.56 Å². The third-order valence-corrected chi connectivity index (χ3v) is 2.60. The molecule has 0 radical (unpaired) electrons. The van der Waals surface area contributed by atoms with E-state index < -0.39 is 12.0 Å². The number of rotatable bonds is 4. The standard InChI is InChI=1S/C14H14FN3O/c15-12-7-4-8-13(17-12)18-14(19)11(16)9-10-5-2-1-3-6-10/h1-8,11H,9,16H2,(H,17,18,19). The molecule has 1 atom stereocenters. The fourth-order valence-corrected chi connectivity index (χ4v) is 1.66. The van der Waals surface area contributed by atoms with Gasteiger partial charge in [0.1, 0.15) is 5.82 Å². The summed E-state index contributed by atoms with van der Waals surface area (Å²) in [5.41, 5.74) is 6.77. The molecule has 0 aliphatic rings. The van der Waals surface area contributed by atoms with E-state index in [-0.39, 0.29) is 11.7 Å². The van der Waals surface area contributed by atoms with Gasteiger partial charge in [-0.2, -0.15) is 4.39 Å². The lowest BCUT2D eigenvalue weighted by atomic mass is 10.1. The molecule has 0 saturated carbocycles. The predicted octanol–water partition coefficient (Wildman–Crippen LogP) is 1.73. The van der Waals surface area contributed by atoms with Crippen molar-refractivity contribution in [3.63, 3.8) is 0 Å². The van der Waals surface area contributed by atoms with Crippen LogP contribution >= 0.6 is 0 Å². The highest BCUT2D eigenvalue weighted by Crippen LogP contribution is 2.06. The molecule has 1 heterocycles. The van der Waals surface area contributed by atoms with E-state index in [9.17, 15) is 9.18 Å². The van der Waals surface area contributed by atoms with Gasteiger partial charge in [0.25, 0.3) is 0 Å². The number of nitrogens with one attached hydrogen (secondary N) is 1. The Morgan fingerprint density at radius 1 is 1.21 bits per heavy atom. The van der Waals surface area contributed by atoms with Crippen molar-refractivity contribution in [3.05, 3.63) is 60.0 Å². The molecule has 0 spiro atoms. The first kappa shape index (κ1) is 13.2. The summed E-state index contributed by atoms with van der Waals surface area (Å²) in [7, 11) is 0. The number of anilines is 1. The van der Waals surface area contributed by atoms with Crippen LogP contribution in [0.2, 0.25) is 0 Å². The average molecular weight is 259 g/mol. The second kappa shape index (κ2) is 6.06. The largest absolute Gasteiger partial charge is 0.320 e. The maximum absolute atomic E-state index is 12.9. The number of carbonyl (C=O) groups excluding carboxylic acids is 1. The highest BCUT2D eigenvalue weighted by molar-refractivity contribution is 5.94. The number of hydrogen-bond acceptors (Lipinski definition) is 3. The molecule has 1 amide bonds. The first-order valence-electron chi connectivity index (χ1n) is 5.88. The fraction of sp³-hybridized carbons (Fsp3) is 0.143. The SMILES string of the molecule is NC(Cc1ccccc1)C(=O)Nc1cccc(F)n1. The van der Waals surface area contributed by atoms with Crippen molar-refractivity contribution < 1.29 is 9.18 Å². The maximum Gasteiger partial charge on any atom is 0.242 e. The van der Waals surface area contributed by atoms with E-state index in [1.54, 1.807) is 0 Å². The van der Waals surface area contributed by atoms with Gasteiger partial charge in [0.15, 0.2) is 0 Å². The number of nitrogens with zero attached hydrogens (tertiary/aromatic N) is 1. The highest BCUT2D eigenvalue weighted by atomic mass is 19.1. The van der Waals surface area contributed by atoms with E-state index in [2.05, 4.69) is 10.3 Å². The monoisotopic (exact) mass is 259 g/mol. The van der Waals surface area contributed by atoms with E-state index in [0.29, 0.717) is 6.42 Å². The molecule has 0 saturated heterocycles. The summed E-state index contributed by atoms with van der Waals surface area (Å²) < 4.78 is 12.9. The number of benzene rings is 1. The Morgan fingerprint density at radius 2 is 1.95 bits per heavy atom. The summed E-state index contributed by atoms with van der Waals surface area (Å²) >= 11 is 0. The third kappa shape index (κ3) is 3.86. The Morgan fingerprint density at radius 3 is 2.63 bits per heavy atom. The van der Waals surface area contributed by atoms with Gasteiger partial charge in [-0.3, -0.25) is 4.79 Å². The Labute approximate surface area is 110 Å². The second-order valence-corrected chi connectivity index (χ2v) is 4.13. The van der Waals surface area contributed by atoms with Crippen molar-refractivity contribution in [1.29, 1.82) is 0 Å². The molecule has 4 nitrogen and oxygen atoms in total. The first-order valence-corrected chi connectivity index (χ1v) is 5.88. The van der Waals surface area contributed by atoms with Crippen LogP contribution in [0.3, 0.4) is 0 Å². The van der Waals surface area contributed by atoms with Crippen LogP contribution in [0.25, 0.3) is 0 Å². The summed E-state index contributed by atoms with van der Waals surface area (Å²) in [6, 6.07) is 12.9. The van der Waals surface area contributed by atoms with Gasteiger partial charge in [-0.1, -0.05) is 36.4 Å². The Hall–Kier alpha value is -2.27. The number of amides is 1. The normalized spacial score (nSPS) is 11.9. The molecule has 0 fully saturated rings. The van der Waals surface area contributed by atoms with Crippen LogP contribution in [0, 0.1) is 5.95 Å². The van der Waals surface area contributed by atoms with Crippen molar-refractivity contribution in [1.82, 2.24) is 4.98 Å². The van der Waals surface area contributed by atoms with Crippen LogP contribution in [0.5, 0.6) is 0 Å². The number of halogens is 1. The van der Waals surface area contributed by atoms with Gasteiger partial charge in [0.2, 0.25) is 11.9 Å². The number of carbonyl (C=O) groups is 1. The number of aromatic nitrogens is 1. The summed E-state index contributed by atoms with van der Waals surface area (Å²) in [6.07, 6.45) is 0.419. The van der Waals surface area contributed by atoms with Gasteiger partial charge in [-0.05, 0) is 24.1 Å². The lowest BCUT2D eigenvalue weighted by Crippen LogP contribution is -2.37. The Balaban J connectivity index is 1.96. The third-order valence-electron chi connectivity index (χ3n) is 2.60. The molecule has 3 N–H and O–H groups in total. The Kier molecular flexibility index (Phi) is 4.20. The molecule has 2 rings (SSSR count). The zero-order valence-corrected chi connectivity index (χ0v) is 10.2. The molecule has 1 aromatic heterocycles. The van der Waals surface area contributed by atoms with Crippen LogP contribution in [0.15, 0.2) is 48.5 Å². The molecule has 2 aromatic rings. The fourth-order valence-electron chi connectivity index (χ4n) is 1.66. The summed E-state index contributed by atoms with van der Waals surface area (Å²) in [5.74, 6) is -0.870. The molecular formula is C14H14FN3O. The van der Waals surface area contributed by atoms with E-state index in [1.165, 1.54) is 18.2 Å². The maximum atomic E-state index is 12.9. The molecule has 98 valence electrons. The van der Waals surface area contributed by atoms with Gasteiger partial charge in [-0.25, -0.2) is 4.98 Å².